The van der Waals surface area contributed by atoms with Crippen molar-refractivity contribution in [2.45, 2.75) is 60.7 Å². The van der Waals surface area contributed by atoms with Crippen LogP contribution in [0, 0.1) is 10.8 Å². The zero-order valence-electron chi connectivity index (χ0n) is 18.5. The van der Waals surface area contributed by atoms with Crippen molar-refractivity contribution < 1.29 is 9.59 Å². The molecule has 0 aliphatic carbocycles. The number of likely N-dealkylation sites (N-methyl/N-ethyl adjacent to an activating group) is 2. The lowest BCUT2D eigenvalue weighted by Crippen LogP contribution is -2.53. The molecule has 1 aliphatic rings. The minimum absolute atomic E-state index is 0.0246. The number of rotatable bonds is 4. The summed E-state index contributed by atoms with van der Waals surface area (Å²) in [5.41, 5.74) is 0.903. The van der Waals surface area contributed by atoms with Gasteiger partial charge in [0.15, 0.2) is 5.69 Å². The highest BCUT2D eigenvalue weighted by Gasteiger charge is 2.34. The Bertz CT molecular complexity index is 765. The molecule has 0 radical (unpaired) electrons. The molecule has 2 rings (SSSR count). The molecule has 1 aromatic rings. The van der Waals surface area contributed by atoms with Gasteiger partial charge in [0, 0.05) is 26.7 Å². The van der Waals surface area contributed by atoms with E-state index in [0.29, 0.717) is 12.2 Å². The van der Waals surface area contributed by atoms with E-state index in [0.717, 1.165) is 24.6 Å². The van der Waals surface area contributed by atoms with E-state index >= 15 is 0 Å². The largest absolute Gasteiger partial charge is 0.357 e. The Morgan fingerprint density at radius 3 is 2.32 bits per heavy atom. The van der Waals surface area contributed by atoms with Crippen LogP contribution in [-0.2, 0) is 17.9 Å². The van der Waals surface area contributed by atoms with E-state index in [4.69, 9.17) is 0 Å². The molecule has 0 aromatic carbocycles. The van der Waals surface area contributed by atoms with Gasteiger partial charge in [-0.25, -0.2) is 4.98 Å². The van der Waals surface area contributed by atoms with Crippen LogP contribution in [-0.4, -0.2) is 52.9 Å². The smallest absolute Gasteiger partial charge is 0.272 e. The molecular weight excluding hydrogens is 354 g/mol. The molecule has 1 atom stereocenters. The highest BCUT2D eigenvalue weighted by molar-refractivity contribution is 5.97. The van der Waals surface area contributed by atoms with Crippen LogP contribution in [0.3, 0.4) is 0 Å². The average Bonchev–Trinajstić information content (AvgIpc) is 2.93. The maximum absolute atomic E-state index is 13.1. The molecule has 0 saturated carbocycles. The average molecular weight is 390 g/mol. The minimum atomic E-state index is -0.641. The summed E-state index contributed by atoms with van der Waals surface area (Å²) in [5.74, 6) is 0.271. The molecule has 0 spiro atoms. The number of nitrogens with zero attached hydrogens (tertiary/aromatic N) is 3. The van der Waals surface area contributed by atoms with Crippen LogP contribution < -0.4 is 10.6 Å². The normalized spacial score (nSPS) is 16.7. The van der Waals surface area contributed by atoms with E-state index in [2.05, 4.69) is 51.9 Å². The van der Waals surface area contributed by atoms with Gasteiger partial charge >= 0.3 is 0 Å². The lowest BCUT2D eigenvalue weighted by molar-refractivity contribution is -0.124. The van der Waals surface area contributed by atoms with Gasteiger partial charge in [0.05, 0.1) is 5.69 Å². The summed E-state index contributed by atoms with van der Waals surface area (Å²) in [6.45, 7) is 14.5. The maximum Gasteiger partial charge on any atom is 0.272 e. The molecule has 0 saturated heterocycles. The van der Waals surface area contributed by atoms with Crippen molar-refractivity contribution >= 4 is 17.9 Å². The molecule has 1 aliphatic heterocycles. The van der Waals surface area contributed by atoms with Crippen LogP contribution in [0.15, 0.2) is 6.08 Å². The predicted octanol–water partition coefficient (Wildman–Crippen LogP) is 2.28. The molecule has 0 fully saturated rings. The first-order valence-corrected chi connectivity index (χ1v) is 9.83. The van der Waals surface area contributed by atoms with Crippen molar-refractivity contribution in [3.8, 4) is 0 Å². The molecule has 2 heterocycles. The van der Waals surface area contributed by atoms with Crippen LogP contribution in [0.1, 0.15) is 63.5 Å². The van der Waals surface area contributed by atoms with Gasteiger partial charge in [-0.2, -0.15) is 0 Å². The lowest BCUT2D eigenvalue weighted by atomic mass is 9.86. The fourth-order valence-electron chi connectivity index (χ4n) is 3.17. The zero-order chi connectivity index (χ0) is 21.3. The van der Waals surface area contributed by atoms with Gasteiger partial charge in [-0.15, -0.1) is 0 Å². The summed E-state index contributed by atoms with van der Waals surface area (Å²) >= 11 is 0. The first-order valence-electron chi connectivity index (χ1n) is 9.83. The molecule has 7 nitrogen and oxygen atoms in total. The number of aromatic nitrogens is 2. The molecule has 0 bridgehead atoms. The van der Waals surface area contributed by atoms with Crippen molar-refractivity contribution in [1.82, 2.24) is 25.1 Å². The van der Waals surface area contributed by atoms with E-state index in [-0.39, 0.29) is 17.2 Å². The number of hydrogen-bond acceptors (Lipinski definition) is 4. The third kappa shape index (κ3) is 5.22. The fourth-order valence-corrected chi connectivity index (χ4v) is 3.17. The van der Waals surface area contributed by atoms with E-state index < -0.39 is 11.5 Å². The van der Waals surface area contributed by atoms with E-state index in [1.165, 1.54) is 0 Å². The highest BCUT2D eigenvalue weighted by Crippen LogP contribution is 2.24. The number of carbonyl (C=O) groups excluding carboxylic acids is 2. The Morgan fingerprint density at radius 2 is 1.79 bits per heavy atom. The quantitative estimate of drug-likeness (QED) is 0.828. The molecule has 156 valence electrons. The van der Waals surface area contributed by atoms with Gasteiger partial charge in [-0.1, -0.05) is 47.6 Å². The summed E-state index contributed by atoms with van der Waals surface area (Å²) in [6.07, 6.45) is 4.09. The number of fused-ring (bicyclic) bond motifs is 1. The first-order chi connectivity index (χ1) is 12.8. The SMILES string of the molecule is CNC(=O)C(NC(=O)c1nc(/C=C/C(C)(C)C)n2c1CN(C)CC2)C(C)(C)C. The first kappa shape index (κ1) is 22.1. The van der Waals surface area contributed by atoms with Crippen molar-refractivity contribution in [1.29, 1.82) is 0 Å². The monoisotopic (exact) mass is 389 g/mol. The zero-order valence-corrected chi connectivity index (χ0v) is 18.5. The summed E-state index contributed by atoms with van der Waals surface area (Å²) in [6, 6.07) is -0.641. The fraction of sp³-hybridized carbons (Fsp3) is 0.667. The number of hydrogen-bond donors (Lipinski definition) is 2. The molecule has 1 unspecified atom stereocenters. The molecule has 2 N–H and O–H groups in total. The number of allylic oxidation sites excluding steroid dienone is 1. The van der Waals surface area contributed by atoms with Gasteiger partial charge in [0.25, 0.3) is 5.91 Å². The van der Waals surface area contributed by atoms with Crippen LogP contribution >= 0.6 is 0 Å². The van der Waals surface area contributed by atoms with Gasteiger partial charge in [-0.05, 0) is 24.0 Å². The van der Waals surface area contributed by atoms with Gasteiger partial charge in [-0.3, -0.25) is 14.5 Å². The second-order valence-electron chi connectivity index (χ2n) is 9.74. The Hall–Kier alpha value is -2.15. The lowest BCUT2D eigenvalue weighted by Gasteiger charge is -2.30. The molecule has 28 heavy (non-hydrogen) atoms. The number of carbonyl (C=O) groups is 2. The molecule has 1 aromatic heterocycles. The number of amides is 2. The van der Waals surface area contributed by atoms with Gasteiger partial charge in [0.1, 0.15) is 11.9 Å². The second-order valence-corrected chi connectivity index (χ2v) is 9.74. The van der Waals surface area contributed by atoms with Crippen LogP contribution in [0.2, 0.25) is 0 Å². The predicted molar refractivity (Wildman–Crippen MR) is 112 cm³/mol. The Balaban J connectivity index is 2.41. The van der Waals surface area contributed by atoms with Crippen LogP contribution in [0.5, 0.6) is 0 Å². The summed E-state index contributed by atoms with van der Waals surface area (Å²) in [5, 5.41) is 5.55. The third-order valence-electron chi connectivity index (χ3n) is 4.82. The maximum atomic E-state index is 13.1. The molecule has 7 heteroatoms. The van der Waals surface area contributed by atoms with Crippen molar-refractivity contribution in [2.75, 3.05) is 20.6 Å². The Labute approximate surface area is 168 Å². The van der Waals surface area contributed by atoms with E-state index in [1.807, 2.05) is 33.9 Å². The number of nitrogens with one attached hydrogen (secondary N) is 2. The summed E-state index contributed by atoms with van der Waals surface area (Å²) < 4.78 is 2.11. The Morgan fingerprint density at radius 1 is 1.14 bits per heavy atom. The van der Waals surface area contributed by atoms with Gasteiger partial charge < -0.3 is 15.2 Å². The van der Waals surface area contributed by atoms with Gasteiger partial charge in [0.2, 0.25) is 5.91 Å². The second kappa shape index (κ2) is 8.07. The van der Waals surface area contributed by atoms with E-state index in [9.17, 15) is 9.59 Å². The summed E-state index contributed by atoms with van der Waals surface area (Å²) in [4.78, 5) is 32.2. The summed E-state index contributed by atoms with van der Waals surface area (Å²) in [7, 11) is 3.61. The van der Waals surface area contributed by atoms with Crippen molar-refractivity contribution in [2.24, 2.45) is 10.8 Å². The minimum Gasteiger partial charge on any atom is -0.357 e. The van der Waals surface area contributed by atoms with Crippen molar-refractivity contribution in [3.05, 3.63) is 23.3 Å². The van der Waals surface area contributed by atoms with Crippen LogP contribution in [0.25, 0.3) is 6.08 Å². The van der Waals surface area contributed by atoms with Crippen LogP contribution in [0.4, 0.5) is 0 Å². The Kier molecular flexibility index (Phi) is 6.38. The molecular formula is C21H35N5O2. The third-order valence-corrected chi connectivity index (χ3v) is 4.82. The highest BCUT2D eigenvalue weighted by atomic mass is 16.2. The van der Waals surface area contributed by atoms with E-state index in [1.54, 1.807) is 7.05 Å². The topological polar surface area (TPSA) is 79.3 Å². The molecule has 2 amide bonds. The van der Waals surface area contributed by atoms with Crippen molar-refractivity contribution in [3.63, 3.8) is 0 Å². The number of imidazole rings is 1. The standard InChI is InChI=1S/C21H35N5O2/c1-20(2,3)10-9-15-23-16(14-13-25(8)11-12-26(14)15)18(27)24-17(19(28)22-7)21(4,5)6/h9-10,17H,11-13H2,1-8H3,(H,22,28)(H,24,27)/b10-9+.